The van der Waals surface area contributed by atoms with Gasteiger partial charge in [-0.3, -0.25) is 4.79 Å². The van der Waals surface area contributed by atoms with Gasteiger partial charge in [-0.15, -0.1) is 34.9 Å². The molecule has 3 nitrogen and oxygen atoms in total. The summed E-state index contributed by atoms with van der Waals surface area (Å²) < 4.78 is 13.5. The quantitative estimate of drug-likeness (QED) is 0.0989. The van der Waals surface area contributed by atoms with Crippen molar-refractivity contribution in [3.8, 4) is 11.3 Å². The summed E-state index contributed by atoms with van der Waals surface area (Å²) in [5.74, 6) is -0.0175. The molecular formula is C33H37FIrNO2-. The molecular weight excluding hydrogens is 654 g/mol. The van der Waals surface area contributed by atoms with Crippen LogP contribution in [0, 0.1) is 36.6 Å². The van der Waals surface area contributed by atoms with E-state index in [4.69, 9.17) is 0 Å². The number of fused-ring (bicyclic) bond motifs is 3. The number of pyridine rings is 1. The van der Waals surface area contributed by atoms with Crippen LogP contribution >= 0.6 is 0 Å². The zero-order valence-electron chi connectivity index (χ0n) is 23.7. The van der Waals surface area contributed by atoms with Gasteiger partial charge >= 0.3 is 0 Å². The van der Waals surface area contributed by atoms with Gasteiger partial charge in [0.1, 0.15) is 11.6 Å². The summed E-state index contributed by atoms with van der Waals surface area (Å²) >= 11 is 0. The van der Waals surface area contributed by atoms with Gasteiger partial charge < -0.3 is 10.1 Å². The molecule has 0 atom stereocenters. The van der Waals surface area contributed by atoms with Crippen molar-refractivity contribution in [3.05, 3.63) is 89.1 Å². The smallest absolute Gasteiger partial charge is 0.167 e. The van der Waals surface area contributed by atoms with Crippen LogP contribution in [0.2, 0.25) is 0 Å². The number of benzene rings is 3. The molecule has 38 heavy (non-hydrogen) atoms. The number of aryl methyl sites for hydroxylation is 2. The van der Waals surface area contributed by atoms with Crippen LogP contribution in [0.15, 0.2) is 66.1 Å². The third-order valence-corrected chi connectivity index (χ3v) is 6.21. The molecule has 5 heteroatoms. The van der Waals surface area contributed by atoms with Gasteiger partial charge in [0.05, 0.1) is 0 Å². The largest absolute Gasteiger partial charge is 0.511 e. The number of ketones is 1. The van der Waals surface area contributed by atoms with E-state index in [0.717, 1.165) is 38.4 Å². The molecule has 0 amide bonds. The van der Waals surface area contributed by atoms with Crippen LogP contribution < -0.4 is 0 Å². The number of Topliss-reactive ketones (excluding diaryl/α,β-unsaturated/α-hetero) is 1. The molecule has 1 radical (unpaired) electrons. The summed E-state index contributed by atoms with van der Waals surface area (Å²) in [5, 5.41) is 13.9. The fourth-order valence-corrected chi connectivity index (χ4v) is 4.44. The molecule has 0 bridgehead atoms. The van der Waals surface area contributed by atoms with Gasteiger partial charge in [0.15, 0.2) is 5.78 Å². The van der Waals surface area contributed by atoms with E-state index in [-0.39, 0.29) is 42.9 Å². The molecule has 0 aliphatic rings. The zero-order valence-corrected chi connectivity index (χ0v) is 26.1. The minimum atomic E-state index is -0.427. The van der Waals surface area contributed by atoms with Crippen LogP contribution in [0.4, 0.5) is 4.39 Å². The number of aliphatic hydroxyl groups is 1. The molecule has 4 rings (SSSR count). The Morgan fingerprint density at radius 2 is 1.50 bits per heavy atom. The van der Waals surface area contributed by atoms with E-state index < -0.39 is 5.41 Å². The summed E-state index contributed by atoms with van der Waals surface area (Å²) in [6.07, 6.45) is 1.81. The minimum Gasteiger partial charge on any atom is -0.511 e. The van der Waals surface area contributed by atoms with Crippen molar-refractivity contribution >= 4 is 27.3 Å². The summed E-state index contributed by atoms with van der Waals surface area (Å²) in [6.45, 7) is 17.0. The van der Waals surface area contributed by atoms with Crippen molar-refractivity contribution in [1.29, 1.82) is 0 Å². The maximum atomic E-state index is 13.5. The van der Waals surface area contributed by atoms with Crippen LogP contribution in [0.3, 0.4) is 0 Å². The summed E-state index contributed by atoms with van der Waals surface area (Å²) in [6, 6.07) is 18.5. The number of aromatic nitrogens is 1. The van der Waals surface area contributed by atoms with Crippen molar-refractivity contribution in [2.24, 2.45) is 10.8 Å². The third-order valence-electron chi connectivity index (χ3n) is 6.21. The summed E-state index contributed by atoms with van der Waals surface area (Å²) in [7, 11) is 0. The number of halogens is 1. The van der Waals surface area contributed by atoms with Gasteiger partial charge in [0, 0.05) is 42.7 Å². The second kappa shape index (κ2) is 11.9. The molecule has 0 saturated carbocycles. The number of nitrogens with zero attached hydrogens (tertiary/aromatic N) is 1. The van der Waals surface area contributed by atoms with Gasteiger partial charge in [-0.25, -0.2) is 4.39 Å². The molecule has 0 fully saturated rings. The number of hydrogen-bond acceptors (Lipinski definition) is 3. The topological polar surface area (TPSA) is 50.2 Å². The number of carbonyl (C=O) groups is 1. The number of allylic oxidation sites excluding steroid dienone is 2. The van der Waals surface area contributed by atoms with Crippen molar-refractivity contribution in [2.45, 2.75) is 62.3 Å². The van der Waals surface area contributed by atoms with Gasteiger partial charge in [0.25, 0.3) is 0 Å². The Morgan fingerprint density at radius 3 is 2.08 bits per heavy atom. The van der Waals surface area contributed by atoms with Gasteiger partial charge in [-0.1, -0.05) is 73.6 Å². The average molecular weight is 691 g/mol. The Bertz CT molecular complexity index is 1490. The Kier molecular flexibility index (Phi) is 9.80. The van der Waals surface area contributed by atoms with Crippen LogP contribution in [0.5, 0.6) is 0 Å². The van der Waals surface area contributed by atoms with Crippen LogP contribution in [-0.2, 0) is 24.9 Å². The second-order valence-electron chi connectivity index (χ2n) is 11.7. The first kappa shape index (κ1) is 31.3. The predicted molar refractivity (Wildman–Crippen MR) is 152 cm³/mol. The fourth-order valence-electron chi connectivity index (χ4n) is 4.44. The fraction of sp³-hybridized carbons (Fsp3) is 0.333. The molecule has 0 aliphatic heterocycles. The Morgan fingerprint density at radius 1 is 0.868 bits per heavy atom. The van der Waals surface area contributed by atoms with Gasteiger partial charge in [-0.05, 0) is 52.4 Å². The molecule has 0 saturated heterocycles. The third kappa shape index (κ3) is 7.15. The molecule has 4 aromatic rings. The minimum absolute atomic E-state index is 0. The van der Waals surface area contributed by atoms with Crippen molar-refractivity contribution < 1.29 is 34.4 Å². The van der Waals surface area contributed by atoms with Gasteiger partial charge in [-0.2, -0.15) is 0 Å². The molecule has 1 heterocycles. The van der Waals surface area contributed by atoms with Crippen LogP contribution in [0.1, 0.15) is 59.6 Å². The molecule has 0 unspecified atom stereocenters. The monoisotopic (exact) mass is 691 g/mol. The predicted octanol–water partition coefficient (Wildman–Crippen LogP) is 9.09. The average Bonchev–Trinajstić information content (AvgIpc) is 2.80. The van der Waals surface area contributed by atoms with E-state index in [0.29, 0.717) is 5.57 Å². The van der Waals surface area contributed by atoms with E-state index in [1.54, 1.807) is 13.0 Å². The number of aliphatic hydroxyl groups excluding tert-OH is 1. The van der Waals surface area contributed by atoms with Crippen LogP contribution in [0.25, 0.3) is 32.8 Å². The van der Waals surface area contributed by atoms with Gasteiger partial charge in [0.2, 0.25) is 0 Å². The van der Waals surface area contributed by atoms with Crippen molar-refractivity contribution in [3.63, 3.8) is 0 Å². The van der Waals surface area contributed by atoms with E-state index >= 15 is 0 Å². The number of carbonyl (C=O) groups excluding carboxylic acids is 1. The maximum Gasteiger partial charge on any atom is 0.167 e. The molecule has 203 valence electrons. The second-order valence-corrected chi connectivity index (χ2v) is 11.7. The zero-order chi connectivity index (χ0) is 27.7. The Balaban J connectivity index is 0.000000296. The summed E-state index contributed by atoms with van der Waals surface area (Å²) in [4.78, 5) is 16.4. The standard InChI is InChI=1S/C21H15FN.C12H22O2.Ir/c1-13-9-14(2)11-16(10-13)21-20-5-3-15-12-17(22)4-6-18(15)19(20)7-8-23-21;1-8(9(13)11(2,3)4)10(14)12(5,6)7;/h3-10,12H,1-2H3;13H,1-7H3;/q-1;;/b;9-8-;. The van der Waals surface area contributed by atoms with Crippen molar-refractivity contribution in [2.75, 3.05) is 0 Å². The van der Waals surface area contributed by atoms with Crippen molar-refractivity contribution in [1.82, 2.24) is 4.98 Å². The molecule has 0 aliphatic carbocycles. The molecule has 1 aromatic heterocycles. The maximum absolute atomic E-state index is 13.5. The van der Waals surface area contributed by atoms with E-state index in [1.807, 2.05) is 78.9 Å². The van der Waals surface area contributed by atoms with E-state index in [9.17, 15) is 14.3 Å². The van der Waals surface area contributed by atoms with E-state index in [2.05, 4.69) is 30.1 Å². The molecule has 0 spiro atoms. The number of rotatable bonds is 2. The first-order valence-corrected chi connectivity index (χ1v) is 12.5. The molecule has 3 aromatic carbocycles. The Labute approximate surface area is 239 Å². The normalized spacial score (nSPS) is 12.4. The first-order chi connectivity index (χ1) is 17.1. The molecule has 1 N–H and O–H groups in total. The SMILES string of the molecule is C/C(C(=O)C(C)(C)C)=C(/O)C(C)(C)C.Cc1[c-]c(-c2nccc3c2ccc2cc(F)ccc23)cc(C)c1.[Ir]. The first-order valence-electron chi connectivity index (χ1n) is 12.5. The van der Waals surface area contributed by atoms with Crippen LogP contribution in [-0.4, -0.2) is 15.9 Å². The van der Waals surface area contributed by atoms with E-state index in [1.165, 1.54) is 11.6 Å². The summed E-state index contributed by atoms with van der Waals surface area (Å²) in [5.41, 5.74) is 3.90. The number of hydrogen-bond donors (Lipinski definition) is 1. The Hall–Kier alpha value is -2.88.